The minimum absolute atomic E-state index is 0.217. The summed E-state index contributed by atoms with van der Waals surface area (Å²) < 4.78 is 0. The molecule has 1 aromatic rings. The van der Waals surface area contributed by atoms with E-state index in [1.165, 1.54) is 12.0 Å². The Labute approximate surface area is 92.3 Å². The van der Waals surface area contributed by atoms with Crippen molar-refractivity contribution < 1.29 is 5.11 Å². The van der Waals surface area contributed by atoms with Gasteiger partial charge in [0.2, 0.25) is 0 Å². The summed E-state index contributed by atoms with van der Waals surface area (Å²) in [5.74, 6) is 0. The molecule has 1 atom stereocenters. The standard InChI is InChI=1S/C13H21NO/c1-2-6-13(14-9-10-15)11-12-7-4-3-5-8-12/h3-5,7-8,13-15H,2,6,9-11H2,1H3. The maximum atomic E-state index is 8.79. The third-order valence-corrected chi connectivity index (χ3v) is 2.51. The van der Waals surface area contributed by atoms with Gasteiger partial charge in [-0.15, -0.1) is 0 Å². The highest BCUT2D eigenvalue weighted by molar-refractivity contribution is 5.15. The molecular formula is C13H21NO. The first-order chi connectivity index (χ1) is 7.36. The van der Waals surface area contributed by atoms with Gasteiger partial charge in [-0.25, -0.2) is 0 Å². The lowest BCUT2D eigenvalue weighted by molar-refractivity contribution is 0.281. The number of aliphatic hydroxyl groups is 1. The lowest BCUT2D eigenvalue weighted by atomic mass is 10.0. The van der Waals surface area contributed by atoms with Crippen molar-refractivity contribution in [2.75, 3.05) is 13.2 Å². The van der Waals surface area contributed by atoms with Crippen LogP contribution in [0.5, 0.6) is 0 Å². The van der Waals surface area contributed by atoms with Crippen molar-refractivity contribution in [3.8, 4) is 0 Å². The zero-order chi connectivity index (χ0) is 10.9. The molecule has 0 fully saturated rings. The van der Waals surface area contributed by atoms with Crippen molar-refractivity contribution in [2.45, 2.75) is 32.2 Å². The van der Waals surface area contributed by atoms with Crippen molar-refractivity contribution in [3.63, 3.8) is 0 Å². The third kappa shape index (κ3) is 4.96. The molecule has 0 radical (unpaired) electrons. The molecule has 1 rings (SSSR count). The van der Waals surface area contributed by atoms with Gasteiger partial charge < -0.3 is 10.4 Å². The van der Waals surface area contributed by atoms with Gasteiger partial charge >= 0.3 is 0 Å². The monoisotopic (exact) mass is 207 g/mol. The van der Waals surface area contributed by atoms with E-state index in [2.05, 4.69) is 36.5 Å². The molecule has 0 aliphatic rings. The molecule has 2 nitrogen and oxygen atoms in total. The van der Waals surface area contributed by atoms with Gasteiger partial charge in [-0.2, -0.15) is 0 Å². The predicted octanol–water partition coefficient (Wildman–Crippen LogP) is 1.98. The molecule has 2 heteroatoms. The maximum Gasteiger partial charge on any atom is 0.0556 e. The van der Waals surface area contributed by atoms with Crippen LogP contribution in [0.15, 0.2) is 30.3 Å². The number of nitrogens with one attached hydrogen (secondary N) is 1. The Hall–Kier alpha value is -0.860. The molecule has 0 heterocycles. The fourth-order valence-corrected chi connectivity index (χ4v) is 1.79. The summed E-state index contributed by atoms with van der Waals surface area (Å²) in [6, 6.07) is 11.0. The number of benzene rings is 1. The Kier molecular flexibility index (Phi) is 6.05. The summed E-state index contributed by atoms with van der Waals surface area (Å²) in [5, 5.41) is 12.2. The summed E-state index contributed by atoms with van der Waals surface area (Å²) in [6.45, 7) is 3.10. The second-order valence-corrected chi connectivity index (χ2v) is 3.85. The van der Waals surface area contributed by atoms with Crippen LogP contribution in [0.1, 0.15) is 25.3 Å². The van der Waals surface area contributed by atoms with Crippen LogP contribution in [0.4, 0.5) is 0 Å². The van der Waals surface area contributed by atoms with Crippen molar-refractivity contribution in [2.24, 2.45) is 0 Å². The first kappa shape index (κ1) is 12.2. The zero-order valence-electron chi connectivity index (χ0n) is 9.45. The maximum absolute atomic E-state index is 8.79. The van der Waals surface area contributed by atoms with E-state index in [9.17, 15) is 0 Å². The SMILES string of the molecule is CCCC(Cc1ccccc1)NCCO. The number of rotatable bonds is 7. The summed E-state index contributed by atoms with van der Waals surface area (Å²) in [7, 11) is 0. The third-order valence-electron chi connectivity index (χ3n) is 2.51. The summed E-state index contributed by atoms with van der Waals surface area (Å²) in [6.07, 6.45) is 3.39. The van der Waals surface area contributed by atoms with Crippen molar-refractivity contribution in [1.82, 2.24) is 5.32 Å². The molecule has 0 spiro atoms. The van der Waals surface area contributed by atoms with Gasteiger partial charge in [0.25, 0.3) is 0 Å². The Morgan fingerprint density at radius 1 is 1.27 bits per heavy atom. The summed E-state index contributed by atoms with van der Waals surface area (Å²) >= 11 is 0. The van der Waals surface area contributed by atoms with Gasteiger partial charge in [0.1, 0.15) is 0 Å². The second-order valence-electron chi connectivity index (χ2n) is 3.85. The van der Waals surface area contributed by atoms with Crippen LogP contribution in [0.25, 0.3) is 0 Å². The zero-order valence-corrected chi connectivity index (χ0v) is 9.45. The average molecular weight is 207 g/mol. The molecule has 2 N–H and O–H groups in total. The normalized spacial score (nSPS) is 12.7. The van der Waals surface area contributed by atoms with E-state index in [0.29, 0.717) is 12.6 Å². The van der Waals surface area contributed by atoms with Gasteiger partial charge in [0, 0.05) is 12.6 Å². The molecule has 0 saturated heterocycles. The van der Waals surface area contributed by atoms with Crippen LogP contribution in [0.3, 0.4) is 0 Å². The molecule has 15 heavy (non-hydrogen) atoms. The van der Waals surface area contributed by atoms with Crippen LogP contribution >= 0.6 is 0 Å². The van der Waals surface area contributed by atoms with Crippen LogP contribution < -0.4 is 5.32 Å². The van der Waals surface area contributed by atoms with E-state index in [4.69, 9.17) is 5.11 Å². The smallest absolute Gasteiger partial charge is 0.0556 e. The summed E-state index contributed by atoms with van der Waals surface area (Å²) in [5.41, 5.74) is 1.36. The van der Waals surface area contributed by atoms with Gasteiger partial charge in [0.15, 0.2) is 0 Å². The van der Waals surface area contributed by atoms with E-state index in [-0.39, 0.29) is 6.61 Å². The highest BCUT2D eigenvalue weighted by Gasteiger charge is 2.06. The first-order valence-corrected chi connectivity index (χ1v) is 5.75. The van der Waals surface area contributed by atoms with Crippen LogP contribution in [0.2, 0.25) is 0 Å². The highest BCUT2D eigenvalue weighted by Crippen LogP contribution is 2.07. The Morgan fingerprint density at radius 2 is 2.00 bits per heavy atom. The largest absolute Gasteiger partial charge is 0.395 e. The van der Waals surface area contributed by atoms with Crippen molar-refractivity contribution in [3.05, 3.63) is 35.9 Å². The molecule has 0 bridgehead atoms. The van der Waals surface area contributed by atoms with Crippen molar-refractivity contribution in [1.29, 1.82) is 0 Å². The lowest BCUT2D eigenvalue weighted by Crippen LogP contribution is -2.33. The summed E-state index contributed by atoms with van der Waals surface area (Å²) in [4.78, 5) is 0. The fourth-order valence-electron chi connectivity index (χ4n) is 1.79. The van der Waals surface area contributed by atoms with E-state index < -0.39 is 0 Å². The highest BCUT2D eigenvalue weighted by atomic mass is 16.3. The number of hydrogen-bond acceptors (Lipinski definition) is 2. The van der Waals surface area contributed by atoms with E-state index in [0.717, 1.165) is 12.8 Å². The Bertz CT molecular complexity index is 248. The van der Waals surface area contributed by atoms with Gasteiger partial charge in [-0.3, -0.25) is 0 Å². The average Bonchev–Trinajstić information content (AvgIpc) is 2.28. The molecule has 0 aromatic heterocycles. The van der Waals surface area contributed by atoms with E-state index >= 15 is 0 Å². The molecule has 1 unspecified atom stereocenters. The Balaban J connectivity index is 2.43. The molecule has 0 aliphatic carbocycles. The van der Waals surface area contributed by atoms with Gasteiger partial charge in [0.05, 0.1) is 6.61 Å². The molecular weight excluding hydrogens is 186 g/mol. The van der Waals surface area contributed by atoms with E-state index in [1.54, 1.807) is 0 Å². The predicted molar refractivity (Wildman–Crippen MR) is 63.9 cm³/mol. The Morgan fingerprint density at radius 3 is 2.60 bits per heavy atom. The molecule has 0 saturated carbocycles. The topological polar surface area (TPSA) is 32.3 Å². The molecule has 1 aromatic carbocycles. The number of aliphatic hydroxyl groups excluding tert-OH is 1. The van der Waals surface area contributed by atoms with Crippen LogP contribution in [-0.2, 0) is 6.42 Å². The molecule has 0 aliphatic heterocycles. The fraction of sp³-hybridized carbons (Fsp3) is 0.538. The molecule has 84 valence electrons. The quantitative estimate of drug-likeness (QED) is 0.716. The van der Waals surface area contributed by atoms with Crippen molar-refractivity contribution >= 4 is 0 Å². The van der Waals surface area contributed by atoms with Crippen LogP contribution in [0, 0.1) is 0 Å². The minimum Gasteiger partial charge on any atom is -0.395 e. The molecule has 0 amide bonds. The number of hydrogen-bond donors (Lipinski definition) is 2. The lowest BCUT2D eigenvalue weighted by Gasteiger charge is -2.17. The first-order valence-electron chi connectivity index (χ1n) is 5.75. The van der Waals surface area contributed by atoms with Crippen LogP contribution in [-0.4, -0.2) is 24.3 Å². The second kappa shape index (κ2) is 7.43. The minimum atomic E-state index is 0.217. The van der Waals surface area contributed by atoms with Gasteiger partial charge in [-0.05, 0) is 18.4 Å². The van der Waals surface area contributed by atoms with Gasteiger partial charge in [-0.1, -0.05) is 43.7 Å². The van der Waals surface area contributed by atoms with E-state index in [1.807, 2.05) is 6.07 Å².